The Balaban J connectivity index is 1.40. The van der Waals surface area contributed by atoms with Crippen LogP contribution in [0.2, 0.25) is 0 Å². The summed E-state index contributed by atoms with van der Waals surface area (Å²) in [6.45, 7) is 0. The Bertz CT molecular complexity index is 1370. The average Bonchev–Trinajstić information content (AvgIpc) is 3.70. The summed E-state index contributed by atoms with van der Waals surface area (Å²) in [6, 6.07) is 26.4. The maximum absolute atomic E-state index is 6.22. The molecular weight excluding hydrogens is 480 g/mol. The first kappa shape index (κ1) is 23.6. The van der Waals surface area contributed by atoms with Crippen LogP contribution in [-0.4, -0.2) is 27.9 Å². The van der Waals surface area contributed by atoms with Crippen LogP contribution < -0.4 is 19.7 Å². The summed E-state index contributed by atoms with van der Waals surface area (Å²) in [4.78, 5) is 6.88. The molecule has 2 aliphatic rings. The molecule has 0 spiro atoms. The van der Waals surface area contributed by atoms with E-state index < -0.39 is 0 Å². The molecule has 1 saturated heterocycles. The maximum Gasteiger partial charge on any atom is 0.174 e. The minimum Gasteiger partial charge on any atom is -0.497 e. The van der Waals surface area contributed by atoms with Gasteiger partial charge >= 0.3 is 0 Å². The number of hydrogen-bond acceptors (Lipinski definition) is 4. The van der Waals surface area contributed by atoms with Crippen molar-refractivity contribution in [2.24, 2.45) is 0 Å². The van der Waals surface area contributed by atoms with Crippen molar-refractivity contribution < 1.29 is 9.47 Å². The summed E-state index contributed by atoms with van der Waals surface area (Å²) in [5, 5.41) is 4.23. The Kier molecular flexibility index (Phi) is 6.53. The van der Waals surface area contributed by atoms with Crippen LogP contribution in [0.1, 0.15) is 49.2 Å². The molecular formula is C30H30N4O2S. The van der Waals surface area contributed by atoms with E-state index >= 15 is 0 Å². The Hall–Kier alpha value is -3.84. The fourth-order valence-electron chi connectivity index (χ4n) is 5.45. The minimum atomic E-state index is -0.123. The molecule has 6 nitrogen and oxygen atoms in total. The van der Waals surface area contributed by atoms with Crippen molar-refractivity contribution >= 4 is 23.0 Å². The van der Waals surface area contributed by atoms with Crippen molar-refractivity contribution in [2.45, 2.75) is 43.9 Å². The molecule has 37 heavy (non-hydrogen) atoms. The molecule has 0 amide bonds. The summed E-state index contributed by atoms with van der Waals surface area (Å²) >= 11 is 5.93. The molecule has 2 aromatic carbocycles. The molecule has 188 valence electrons. The quantitative estimate of drug-likeness (QED) is 0.291. The van der Waals surface area contributed by atoms with E-state index in [1.165, 1.54) is 12.8 Å². The van der Waals surface area contributed by atoms with Crippen molar-refractivity contribution in [3.63, 3.8) is 0 Å². The van der Waals surface area contributed by atoms with Crippen LogP contribution in [0, 0.1) is 0 Å². The lowest BCUT2D eigenvalue weighted by molar-refractivity contribution is 0.210. The zero-order valence-corrected chi connectivity index (χ0v) is 21.6. The molecule has 2 aromatic heterocycles. The van der Waals surface area contributed by atoms with E-state index in [-0.39, 0.29) is 12.1 Å². The number of nitrogens with one attached hydrogen (secondary N) is 1. The number of benzene rings is 2. The lowest BCUT2D eigenvalue weighted by Gasteiger charge is -2.29. The van der Waals surface area contributed by atoms with Gasteiger partial charge in [-0.3, -0.25) is 4.98 Å². The van der Waals surface area contributed by atoms with Crippen molar-refractivity contribution in [3.05, 3.63) is 103 Å². The first-order chi connectivity index (χ1) is 18.2. The van der Waals surface area contributed by atoms with E-state index in [1.807, 2.05) is 42.6 Å². The smallest absolute Gasteiger partial charge is 0.174 e. The van der Waals surface area contributed by atoms with Crippen molar-refractivity contribution in [2.75, 3.05) is 12.0 Å². The monoisotopic (exact) mass is 510 g/mol. The van der Waals surface area contributed by atoms with E-state index in [1.54, 1.807) is 7.11 Å². The molecule has 1 aliphatic carbocycles. The van der Waals surface area contributed by atoms with Crippen LogP contribution in [0.5, 0.6) is 11.5 Å². The number of nitrogens with zero attached hydrogens (tertiary/aromatic N) is 3. The molecule has 4 aromatic rings. The molecule has 0 radical (unpaired) electrons. The lowest BCUT2D eigenvalue weighted by atomic mass is 10.0. The number of hydrogen-bond donors (Lipinski definition) is 1. The fourth-order valence-corrected chi connectivity index (χ4v) is 5.79. The highest BCUT2D eigenvalue weighted by Crippen LogP contribution is 2.42. The normalized spacial score (nSPS) is 19.7. The molecule has 1 N–H and O–H groups in total. The Morgan fingerprint density at radius 1 is 0.892 bits per heavy atom. The Morgan fingerprint density at radius 2 is 1.73 bits per heavy atom. The molecule has 1 aliphatic heterocycles. The highest BCUT2D eigenvalue weighted by Gasteiger charge is 2.42. The van der Waals surface area contributed by atoms with Crippen LogP contribution in [0.15, 0.2) is 91.3 Å². The number of anilines is 1. The predicted molar refractivity (Wildman–Crippen MR) is 150 cm³/mol. The van der Waals surface area contributed by atoms with Crippen LogP contribution in [0.4, 0.5) is 5.69 Å². The number of thiocarbonyl (C=S) groups is 1. The standard InChI is InChI=1S/C30H30N4O2S/c1-35-25-11-6-8-22(20-25)33-19-7-13-27(33)29-28(26-12-4-5-18-31-26)32-30(37)34(29)21-14-16-24(17-15-21)36-23-9-2-3-10-23/h4-8,11-20,23,28-29H,2-3,9-10H2,1H3,(H,32,37)/t28-,29-/m0/s1. The van der Waals surface area contributed by atoms with E-state index in [2.05, 4.69) is 68.4 Å². The third-order valence-corrected chi connectivity index (χ3v) is 7.55. The van der Waals surface area contributed by atoms with Crippen LogP contribution in [0.25, 0.3) is 5.69 Å². The lowest BCUT2D eigenvalue weighted by Crippen LogP contribution is -2.30. The zero-order chi connectivity index (χ0) is 25.2. The summed E-state index contributed by atoms with van der Waals surface area (Å²) in [7, 11) is 1.69. The van der Waals surface area contributed by atoms with Crippen LogP contribution in [-0.2, 0) is 0 Å². The third-order valence-electron chi connectivity index (χ3n) is 7.23. The van der Waals surface area contributed by atoms with Gasteiger partial charge in [-0.1, -0.05) is 12.1 Å². The molecule has 2 fully saturated rings. The molecule has 0 bridgehead atoms. The van der Waals surface area contributed by atoms with Gasteiger partial charge in [-0.25, -0.2) is 0 Å². The highest BCUT2D eigenvalue weighted by molar-refractivity contribution is 7.80. The molecule has 0 unspecified atom stereocenters. The highest BCUT2D eigenvalue weighted by atomic mass is 32.1. The molecule has 3 heterocycles. The number of rotatable bonds is 7. The number of pyridine rings is 1. The number of aromatic nitrogens is 2. The van der Waals surface area contributed by atoms with Gasteiger partial charge in [-0.05, 0) is 98.6 Å². The molecule has 7 heteroatoms. The largest absolute Gasteiger partial charge is 0.497 e. The summed E-state index contributed by atoms with van der Waals surface area (Å²) in [6.07, 6.45) is 9.01. The van der Waals surface area contributed by atoms with Crippen LogP contribution >= 0.6 is 12.2 Å². The van der Waals surface area contributed by atoms with E-state index in [0.29, 0.717) is 11.2 Å². The van der Waals surface area contributed by atoms with E-state index in [0.717, 1.165) is 47.1 Å². The second kappa shape index (κ2) is 10.3. The van der Waals surface area contributed by atoms with E-state index in [4.69, 9.17) is 21.7 Å². The van der Waals surface area contributed by atoms with Gasteiger partial charge in [-0.2, -0.15) is 0 Å². The van der Waals surface area contributed by atoms with Gasteiger partial charge in [0.25, 0.3) is 0 Å². The number of ether oxygens (including phenoxy) is 2. The summed E-state index contributed by atoms with van der Waals surface area (Å²) < 4.78 is 13.9. The Labute approximate surface area is 222 Å². The first-order valence-corrected chi connectivity index (χ1v) is 13.2. The second-order valence-electron chi connectivity index (χ2n) is 9.52. The van der Waals surface area contributed by atoms with Gasteiger partial charge in [0.2, 0.25) is 0 Å². The maximum atomic E-state index is 6.22. The van der Waals surface area contributed by atoms with Gasteiger partial charge in [0, 0.05) is 35.5 Å². The SMILES string of the molecule is COc1cccc(-n2cccc2[C@H]2[C@H](c3ccccn3)NC(=S)N2c2ccc(OC3CCCC3)cc2)c1. The van der Waals surface area contributed by atoms with E-state index in [9.17, 15) is 0 Å². The van der Waals surface area contributed by atoms with Gasteiger partial charge in [0.05, 0.1) is 24.9 Å². The van der Waals surface area contributed by atoms with Crippen LogP contribution in [0.3, 0.4) is 0 Å². The summed E-state index contributed by atoms with van der Waals surface area (Å²) in [5.74, 6) is 1.72. The molecule has 1 saturated carbocycles. The zero-order valence-electron chi connectivity index (χ0n) is 20.8. The topological polar surface area (TPSA) is 51.5 Å². The van der Waals surface area contributed by atoms with Crippen molar-refractivity contribution in [3.8, 4) is 17.2 Å². The first-order valence-electron chi connectivity index (χ1n) is 12.8. The number of methoxy groups -OCH3 is 1. The van der Waals surface area contributed by atoms with Crippen molar-refractivity contribution in [1.29, 1.82) is 0 Å². The third kappa shape index (κ3) is 4.67. The van der Waals surface area contributed by atoms with Gasteiger partial charge in [-0.15, -0.1) is 0 Å². The Morgan fingerprint density at radius 3 is 2.49 bits per heavy atom. The summed E-state index contributed by atoms with van der Waals surface area (Å²) in [5.41, 5.74) is 4.08. The average molecular weight is 511 g/mol. The van der Waals surface area contributed by atoms with Gasteiger partial charge in [0.15, 0.2) is 5.11 Å². The molecule has 6 rings (SSSR count). The van der Waals surface area contributed by atoms with Crippen molar-refractivity contribution in [1.82, 2.24) is 14.9 Å². The van der Waals surface area contributed by atoms with Gasteiger partial charge < -0.3 is 24.3 Å². The second-order valence-corrected chi connectivity index (χ2v) is 9.91. The minimum absolute atomic E-state index is 0.120. The molecule has 2 atom stereocenters. The predicted octanol–water partition coefficient (Wildman–Crippen LogP) is 6.38. The van der Waals surface area contributed by atoms with Gasteiger partial charge in [0.1, 0.15) is 17.5 Å². The fraction of sp³-hybridized carbons (Fsp3) is 0.267.